The van der Waals surface area contributed by atoms with Crippen molar-refractivity contribution in [3.63, 3.8) is 0 Å². The van der Waals surface area contributed by atoms with Gasteiger partial charge in [0.15, 0.2) is 0 Å². The summed E-state index contributed by atoms with van der Waals surface area (Å²) in [5.41, 5.74) is 2.09. The maximum absolute atomic E-state index is 10.9. The second-order valence-electron chi connectivity index (χ2n) is 4.07. The number of hydrazine groups is 1. The minimum Gasteiger partial charge on any atom is -0.347 e. The monoisotopic (exact) mass is 185 g/mol. The van der Waals surface area contributed by atoms with E-state index in [9.17, 15) is 9.59 Å². The summed E-state index contributed by atoms with van der Waals surface area (Å²) < 4.78 is 0. The van der Waals surface area contributed by atoms with Crippen LogP contribution in [0.4, 0.5) is 0 Å². The summed E-state index contributed by atoms with van der Waals surface area (Å²) in [5.74, 6) is 3.82. The van der Waals surface area contributed by atoms with Crippen LogP contribution in [0.2, 0.25) is 0 Å². The van der Waals surface area contributed by atoms with Crippen LogP contribution in [0.3, 0.4) is 0 Å². The highest BCUT2D eigenvalue weighted by Crippen LogP contribution is 2.50. The molecule has 0 aliphatic heterocycles. The molecule has 0 aromatic heterocycles. The molecule has 0 aromatic carbocycles. The Kier molecular flexibility index (Phi) is 2.56. The Morgan fingerprint density at radius 3 is 2.38 bits per heavy atom. The quantitative estimate of drug-likeness (QED) is 0.226. The topological polar surface area (TPSA) is 84.2 Å². The van der Waals surface area contributed by atoms with E-state index < -0.39 is 11.8 Å². The molecule has 0 spiro atoms. The van der Waals surface area contributed by atoms with Crippen molar-refractivity contribution in [1.29, 1.82) is 0 Å². The third kappa shape index (κ3) is 2.42. The summed E-state index contributed by atoms with van der Waals surface area (Å²) in [7, 11) is 0. The van der Waals surface area contributed by atoms with E-state index in [1.54, 1.807) is 5.43 Å². The molecule has 13 heavy (non-hydrogen) atoms. The first-order chi connectivity index (χ1) is 5.97. The lowest BCUT2D eigenvalue weighted by Crippen LogP contribution is -2.43. The first kappa shape index (κ1) is 9.98. The van der Waals surface area contributed by atoms with Crippen molar-refractivity contribution >= 4 is 11.8 Å². The van der Waals surface area contributed by atoms with Gasteiger partial charge in [0.1, 0.15) is 0 Å². The van der Waals surface area contributed by atoms with Gasteiger partial charge in [-0.3, -0.25) is 15.0 Å². The minimum atomic E-state index is -0.793. The maximum atomic E-state index is 10.9. The average molecular weight is 185 g/mol. The zero-order valence-corrected chi connectivity index (χ0v) is 7.89. The van der Waals surface area contributed by atoms with Crippen LogP contribution in [0, 0.1) is 11.3 Å². The summed E-state index contributed by atoms with van der Waals surface area (Å²) in [6.07, 6.45) is 1.09. The number of carbonyl (C=O) groups excluding carboxylic acids is 2. The molecule has 1 atom stereocenters. The Morgan fingerprint density at radius 2 is 2.00 bits per heavy atom. The first-order valence-electron chi connectivity index (χ1n) is 4.26. The fourth-order valence-corrected chi connectivity index (χ4v) is 1.29. The van der Waals surface area contributed by atoms with Gasteiger partial charge in [-0.15, -0.1) is 0 Å². The number of amides is 2. The van der Waals surface area contributed by atoms with Gasteiger partial charge in [0.25, 0.3) is 0 Å². The van der Waals surface area contributed by atoms with Crippen LogP contribution in [0.5, 0.6) is 0 Å². The molecule has 1 unspecified atom stereocenters. The van der Waals surface area contributed by atoms with Crippen molar-refractivity contribution in [2.75, 3.05) is 6.54 Å². The lowest BCUT2D eigenvalue weighted by atomic mass is 10.1. The van der Waals surface area contributed by atoms with Crippen LogP contribution >= 0.6 is 0 Å². The Bertz CT molecular complexity index is 238. The minimum absolute atomic E-state index is 0.312. The smallest absolute Gasteiger partial charge is 0.323 e. The van der Waals surface area contributed by atoms with Crippen molar-refractivity contribution in [2.45, 2.75) is 20.3 Å². The van der Waals surface area contributed by atoms with Gasteiger partial charge in [-0.05, 0) is 17.8 Å². The highest BCUT2D eigenvalue weighted by Gasteiger charge is 2.45. The standard InChI is InChI=1S/C8H15N3O2/c1-8(2)3-5(8)4-10-6(12)7(13)11-9/h5H,3-4,9H2,1-2H3,(H,10,12)(H,11,13). The Balaban J connectivity index is 2.21. The number of carbonyl (C=O) groups is 2. The Hall–Kier alpha value is -1.10. The van der Waals surface area contributed by atoms with Crippen LogP contribution in [0.15, 0.2) is 0 Å². The molecule has 0 bridgehead atoms. The Labute approximate surface area is 77.0 Å². The zero-order valence-electron chi connectivity index (χ0n) is 7.89. The van der Waals surface area contributed by atoms with Crippen molar-refractivity contribution in [1.82, 2.24) is 10.7 Å². The summed E-state index contributed by atoms with van der Waals surface area (Å²) in [5, 5.41) is 2.52. The summed E-state index contributed by atoms with van der Waals surface area (Å²) in [4.78, 5) is 21.6. The van der Waals surface area contributed by atoms with Crippen LogP contribution in [-0.2, 0) is 9.59 Å². The highest BCUT2D eigenvalue weighted by molar-refractivity contribution is 6.34. The molecule has 0 radical (unpaired) electrons. The largest absolute Gasteiger partial charge is 0.347 e. The van der Waals surface area contributed by atoms with E-state index in [1.165, 1.54) is 0 Å². The fourth-order valence-electron chi connectivity index (χ4n) is 1.29. The molecule has 0 aromatic rings. The molecule has 1 rings (SSSR count). The van der Waals surface area contributed by atoms with Crippen LogP contribution < -0.4 is 16.6 Å². The van der Waals surface area contributed by atoms with E-state index in [4.69, 9.17) is 5.84 Å². The third-order valence-corrected chi connectivity index (χ3v) is 2.56. The second-order valence-corrected chi connectivity index (χ2v) is 4.07. The fraction of sp³-hybridized carbons (Fsp3) is 0.750. The molecule has 5 heteroatoms. The molecule has 2 amide bonds. The summed E-state index contributed by atoms with van der Waals surface area (Å²) in [6, 6.07) is 0. The normalized spacial score (nSPS) is 23.5. The number of hydrogen-bond donors (Lipinski definition) is 3. The van der Waals surface area contributed by atoms with Crippen LogP contribution in [0.25, 0.3) is 0 Å². The van der Waals surface area contributed by atoms with Gasteiger partial charge >= 0.3 is 11.8 Å². The molecule has 1 aliphatic carbocycles. The molecule has 5 nitrogen and oxygen atoms in total. The van der Waals surface area contributed by atoms with E-state index >= 15 is 0 Å². The molecule has 0 saturated heterocycles. The maximum Gasteiger partial charge on any atom is 0.323 e. The third-order valence-electron chi connectivity index (χ3n) is 2.56. The lowest BCUT2D eigenvalue weighted by molar-refractivity contribution is -0.139. The SMILES string of the molecule is CC1(C)CC1CNC(=O)C(=O)NN. The van der Waals surface area contributed by atoms with Crippen molar-refractivity contribution < 1.29 is 9.59 Å². The van der Waals surface area contributed by atoms with E-state index in [-0.39, 0.29) is 0 Å². The number of nitrogens with one attached hydrogen (secondary N) is 2. The zero-order chi connectivity index (χ0) is 10.1. The summed E-state index contributed by atoms with van der Waals surface area (Å²) in [6.45, 7) is 4.82. The summed E-state index contributed by atoms with van der Waals surface area (Å²) >= 11 is 0. The van der Waals surface area contributed by atoms with Gasteiger partial charge in [0, 0.05) is 6.54 Å². The van der Waals surface area contributed by atoms with Gasteiger partial charge in [-0.25, -0.2) is 5.84 Å². The highest BCUT2D eigenvalue weighted by atomic mass is 16.2. The number of nitrogens with two attached hydrogens (primary N) is 1. The average Bonchev–Trinajstić information content (AvgIpc) is 2.68. The predicted molar refractivity (Wildman–Crippen MR) is 47.2 cm³/mol. The molecule has 1 aliphatic rings. The molecule has 1 saturated carbocycles. The van der Waals surface area contributed by atoms with Crippen molar-refractivity contribution in [3.8, 4) is 0 Å². The molecule has 4 N–H and O–H groups in total. The van der Waals surface area contributed by atoms with E-state index in [0.717, 1.165) is 6.42 Å². The lowest BCUT2D eigenvalue weighted by Gasteiger charge is -2.04. The van der Waals surface area contributed by atoms with E-state index in [2.05, 4.69) is 19.2 Å². The van der Waals surface area contributed by atoms with Gasteiger partial charge in [-0.1, -0.05) is 13.8 Å². The van der Waals surface area contributed by atoms with E-state index in [0.29, 0.717) is 17.9 Å². The molecular weight excluding hydrogens is 170 g/mol. The van der Waals surface area contributed by atoms with Gasteiger partial charge in [-0.2, -0.15) is 0 Å². The van der Waals surface area contributed by atoms with Gasteiger partial charge < -0.3 is 5.32 Å². The predicted octanol–water partition coefficient (Wildman–Crippen LogP) is -0.861. The van der Waals surface area contributed by atoms with Crippen LogP contribution in [0.1, 0.15) is 20.3 Å². The first-order valence-corrected chi connectivity index (χ1v) is 4.26. The van der Waals surface area contributed by atoms with Gasteiger partial charge in [0.2, 0.25) is 0 Å². The number of rotatable bonds is 2. The Morgan fingerprint density at radius 1 is 1.46 bits per heavy atom. The molecule has 1 fully saturated rings. The van der Waals surface area contributed by atoms with Gasteiger partial charge in [0.05, 0.1) is 0 Å². The van der Waals surface area contributed by atoms with Crippen molar-refractivity contribution in [2.24, 2.45) is 17.2 Å². The molecule has 0 heterocycles. The molecular formula is C8H15N3O2. The van der Waals surface area contributed by atoms with Crippen molar-refractivity contribution in [3.05, 3.63) is 0 Å². The van der Waals surface area contributed by atoms with E-state index in [1.807, 2.05) is 0 Å². The second kappa shape index (κ2) is 3.33. The van der Waals surface area contributed by atoms with Crippen LogP contribution in [-0.4, -0.2) is 18.4 Å². The molecule has 74 valence electrons. The number of hydrogen-bond acceptors (Lipinski definition) is 3.